The van der Waals surface area contributed by atoms with Crippen molar-refractivity contribution in [3.8, 4) is 29.1 Å². The fraction of sp³-hybridized carbons (Fsp3) is 0.344. The normalized spacial score (nSPS) is 18.1. The number of aliphatic hydroxyl groups is 1. The highest BCUT2D eigenvalue weighted by molar-refractivity contribution is 6.03. The second-order valence-corrected chi connectivity index (χ2v) is 11.7. The lowest BCUT2D eigenvalue weighted by Crippen LogP contribution is -2.62. The molecule has 41 heavy (non-hydrogen) atoms. The first kappa shape index (κ1) is 28.1. The third kappa shape index (κ3) is 6.85. The molecule has 1 saturated heterocycles. The molecule has 2 aromatic carbocycles. The number of ether oxygens (including phenoxy) is 2. The van der Waals surface area contributed by atoms with E-state index in [1.54, 1.807) is 31.3 Å². The van der Waals surface area contributed by atoms with E-state index in [1.807, 2.05) is 30.3 Å². The van der Waals surface area contributed by atoms with Crippen molar-refractivity contribution in [2.45, 2.75) is 32.4 Å². The number of benzene rings is 2. The van der Waals surface area contributed by atoms with Crippen LogP contribution in [0.15, 0.2) is 66.9 Å². The van der Waals surface area contributed by atoms with Gasteiger partial charge in [0, 0.05) is 44.5 Å². The van der Waals surface area contributed by atoms with Crippen molar-refractivity contribution in [1.82, 2.24) is 15.2 Å². The smallest absolute Gasteiger partial charge is 0.270 e. The number of anilines is 1. The number of likely N-dealkylation sites (tertiary alicyclic amines) is 1. The van der Waals surface area contributed by atoms with Crippen LogP contribution in [0.2, 0.25) is 0 Å². The van der Waals surface area contributed by atoms with Gasteiger partial charge in [0.05, 0.1) is 5.69 Å². The third-order valence-corrected chi connectivity index (χ3v) is 6.71. The number of hydrogen-bond acceptors (Lipinski definition) is 7. The fourth-order valence-electron chi connectivity index (χ4n) is 4.88. The summed E-state index contributed by atoms with van der Waals surface area (Å²) in [6.07, 6.45) is 1.48. The Labute approximate surface area is 240 Å². The van der Waals surface area contributed by atoms with Gasteiger partial charge in [-0.3, -0.25) is 19.5 Å². The third-order valence-electron chi connectivity index (χ3n) is 6.71. The molecule has 2 N–H and O–H groups in total. The number of nitrogens with one attached hydrogen (secondary N) is 1. The highest BCUT2D eigenvalue weighted by Crippen LogP contribution is 2.32. The van der Waals surface area contributed by atoms with Gasteiger partial charge in [-0.05, 0) is 41.8 Å². The second-order valence-electron chi connectivity index (χ2n) is 11.7. The fourth-order valence-corrected chi connectivity index (χ4v) is 4.88. The molecule has 1 aromatic heterocycles. The van der Waals surface area contributed by atoms with Gasteiger partial charge in [-0.25, -0.2) is 0 Å². The molecule has 0 aliphatic carbocycles. The van der Waals surface area contributed by atoms with Gasteiger partial charge >= 0.3 is 0 Å². The minimum Gasteiger partial charge on any atom is -0.489 e. The first-order valence-corrected chi connectivity index (χ1v) is 13.5. The number of carbonyl (C=O) groups is 2. The molecule has 9 heteroatoms. The summed E-state index contributed by atoms with van der Waals surface area (Å²) < 4.78 is 11.7. The Balaban J connectivity index is 1.24. The van der Waals surface area contributed by atoms with Crippen LogP contribution in [-0.2, 0) is 4.79 Å². The van der Waals surface area contributed by atoms with Crippen LogP contribution in [0, 0.1) is 17.3 Å². The SMILES string of the molecule is CN1C(=O)[C@@H](NC(=O)c2cc(Oc3ccccc3)ccn2)COc2ccc(C#CC3(O)CN(CC(C)(C)C)C3)cc21. The molecular formula is C32H34N4O5. The Morgan fingerprint density at radius 3 is 2.63 bits per heavy atom. The van der Waals surface area contributed by atoms with Gasteiger partial charge < -0.3 is 24.8 Å². The molecule has 1 fully saturated rings. The van der Waals surface area contributed by atoms with Crippen molar-refractivity contribution in [1.29, 1.82) is 0 Å². The van der Waals surface area contributed by atoms with E-state index in [9.17, 15) is 14.7 Å². The zero-order chi connectivity index (χ0) is 29.2. The standard InChI is InChI=1S/C32H34N4O5/c1-31(2,3)19-36-20-32(39,21-36)14-12-22-10-11-28-27(16-22)35(4)30(38)26(18-40-28)34-29(37)25-17-24(13-15-33-25)41-23-8-6-5-7-9-23/h5-11,13,15-17,26,39H,18-21H2,1-4H3,(H,34,37)/t26-/m0/s1. The zero-order valence-electron chi connectivity index (χ0n) is 23.7. The molecule has 2 amide bonds. The molecule has 3 heterocycles. The minimum atomic E-state index is -1.05. The summed E-state index contributed by atoms with van der Waals surface area (Å²) in [6, 6.07) is 16.7. The highest BCUT2D eigenvalue weighted by atomic mass is 16.5. The van der Waals surface area contributed by atoms with Crippen LogP contribution < -0.4 is 19.7 Å². The van der Waals surface area contributed by atoms with Crippen LogP contribution in [0.5, 0.6) is 17.2 Å². The predicted molar refractivity (Wildman–Crippen MR) is 155 cm³/mol. The number of likely N-dealkylation sites (N-methyl/N-ethyl adjacent to an activating group) is 1. The van der Waals surface area contributed by atoms with E-state index in [-0.39, 0.29) is 23.6 Å². The molecule has 9 nitrogen and oxygen atoms in total. The maximum atomic E-state index is 13.3. The quantitative estimate of drug-likeness (QED) is 0.466. The van der Waals surface area contributed by atoms with Gasteiger partial charge in [-0.15, -0.1) is 0 Å². The molecule has 2 aliphatic heterocycles. The van der Waals surface area contributed by atoms with E-state index in [1.165, 1.54) is 17.2 Å². The number of hydrogen-bond donors (Lipinski definition) is 2. The summed E-state index contributed by atoms with van der Waals surface area (Å²) in [7, 11) is 1.63. The maximum absolute atomic E-state index is 13.3. The van der Waals surface area contributed by atoms with Gasteiger partial charge in [0.15, 0.2) is 5.60 Å². The first-order chi connectivity index (χ1) is 19.5. The van der Waals surface area contributed by atoms with E-state index >= 15 is 0 Å². The number of nitrogens with zero attached hydrogens (tertiary/aromatic N) is 3. The van der Waals surface area contributed by atoms with Crippen molar-refractivity contribution in [2.24, 2.45) is 5.41 Å². The number of amides is 2. The molecule has 0 spiro atoms. The van der Waals surface area contributed by atoms with Crippen LogP contribution >= 0.6 is 0 Å². The Morgan fingerprint density at radius 2 is 1.90 bits per heavy atom. The first-order valence-electron chi connectivity index (χ1n) is 13.5. The largest absolute Gasteiger partial charge is 0.489 e. The summed E-state index contributed by atoms with van der Waals surface area (Å²) in [5.74, 6) is 6.77. The molecule has 1 atom stereocenters. The van der Waals surface area contributed by atoms with Crippen LogP contribution in [0.25, 0.3) is 0 Å². The Kier molecular flexibility index (Phi) is 7.72. The Morgan fingerprint density at radius 1 is 1.15 bits per heavy atom. The van der Waals surface area contributed by atoms with Gasteiger partial charge in [0.1, 0.15) is 35.6 Å². The van der Waals surface area contributed by atoms with E-state index in [0.29, 0.717) is 41.6 Å². The number of pyridine rings is 1. The number of fused-ring (bicyclic) bond motifs is 1. The van der Waals surface area contributed by atoms with Gasteiger partial charge in [0.25, 0.3) is 11.8 Å². The topological polar surface area (TPSA) is 104 Å². The van der Waals surface area contributed by atoms with Crippen LogP contribution in [0.3, 0.4) is 0 Å². The van der Waals surface area contributed by atoms with Crippen LogP contribution in [0.1, 0.15) is 36.8 Å². The monoisotopic (exact) mass is 554 g/mol. The summed E-state index contributed by atoms with van der Waals surface area (Å²) in [4.78, 5) is 34.1. The number of para-hydroxylation sites is 1. The van der Waals surface area contributed by atoms with Crippen LogP contribution in [0.4, 0.5) is 5.69 Å². The zero-order valence-corrected chi connectivity index (χ0v) is 23.7. The Bertz CT molecular complexity index is 1500. The lowest BCUT2D eigenvalue weighted by atomic mass is 9.89. The lowest BCUT2D eigenvalue weighted by molar-refractivity contribution is -0.120. The van der Waals surface area contributed by atoms with Gasteiger partial charge in [-0.2, -0.15) is 0 Å². The average molecular weight is 555 g/mol. The number of carbonyl (C=O) groups excluding carboxylic acids is 2. The number of β-amino-alcohol motifs (C(OH)–C–C–N with tert-alkyl or cyclic N) is 1. The molecule has 2 aliphatic rings. The van der Waals surface area contributed by atoms with E-state index in [2.05, 4.69) is 47.8 Å². The molecular weight excluding hydrogens is 520 g/mol. The average Bonchev–Trinajstić information content (AvgIpc) is 3.03. The Hall–Kier alpha value is -4.39. The minimum absolute atomic E-state index is 0.0451. The number of rotatable bonds is 5. The molecule has 212 valence electrons. The molecule has 0 saturated carbocycles. The van der Waals surface area contributed by atoms with Crippen molar-refractivity contribution >= 4 is 17.5 Å². The van der Waals surface area contributed by atoms with Gasteiger partial charge in [-0.1, -0.05) is 50.8 Å². The van der Waals surface area contributed by atoms with Crippen molar-refractivity contribution in [2.75, 3.05) is 38.2 Å². The number of aromatic nitrogens is 1. The molecule has 0 bridgehead atoms. The molecule has 0 unspecified atom stereocenters. The summed E-state index contributed by atoms with van der Waals surface area (Å²) >= 11 is 0. The molecule has 3 aromatic rings. The van der Waals surface area contributed by atoms with Crippen molar-refractivity contribution < 1.29 is 24.2 Å². The van der Waals surface area contributed by atoms with Crippen LogP contribution in [-0.4, -0.2) is 71.7 Å². The lowest BCUT2D eigenvalue weighted by Gasteiger charge is -2.45. The summed E-state index contributed by atoms with van der Waals surface area (Å²) in [5.41, 5.74) is 0.394. The maximum Gasteiger partial charge on any atom is 0.270 e. The summed E-state index contributed by atoms with van der Waals surface area (Å²) in [6.45, 7) is 8.34. The molecule has 5 rings (SSSR count). The van der Waals surface area contributed by atoms with Crippen molar-refractivity contribution in [3.05, 3.63) is 78.1 Å². The highest BCUT2D eigenvalue weighted by Gasteiger charge is 2.41. The molecule has 0 radical (unpaired) electrons. The predicted octanol–water partition coefficient (Wildman–Crippen LogP) is 3.47. The second kappa shape index (κ2) is 11.2. The van der Waals surface area contributed by atoms with E-state index in [0.717, 1.165) is 6.54 Å². The van der Waals surface area contributed by atoms with Crippen molar-refractivity contribution in [3.63, 3.8) is 0 Å². The van der Waals surface area contributed by atoms with Gasteiger partial charge in [0.2, 0.25) is 0 Å². The van der Waals surface area contributed by atoms with E-state index < -0.39 is 17.6 Å². The summed E-state index contributed by atoms with van der Waals surface area (Å²) in [5, 5.41) is 13.5. The van der Waals surface area contributed by atoms with E-state index in [4.69, 9.17) is 9.47 Å².